The topological polar surface area (TPSA) is 34.9 Å². The largest absolute Gasteiger partial charge is 0.294 e. The van der Waals surface area contributed by atoms with Crippen LogP contribution in [0.1, 0.15) is 15.9 Å². The molecule has 0 bridgehead atoms. The van der Waals surface area contributed by atoms with Gasteiger partial charge in [-0.15, -0.1) is 0 Å². The SMILES string of the molecule is Cn1cc(CC(=O)c2cccc(Cl)c2)cn1. The number of ketones is 1. The normalized spacial score (nSPS) is 10.4. The molecule has 2 rings (SSSR count). The van der Waals surface area contributed by atoms with Crippen molar-refractivity contribution >= 4 is 17.4 Å². The molecular formula is C12H11ClN2O. The van der Waals surface area contributed by atoms with Gasteiger partial charge in [0, 0.05) is 30.3 Å². The fourth-order valence-corrected chi connectivity index (χ4v) is 1.70. The molecule has 0 fully saturated rings. The fourth-order valence-electron chi connectivity index (χ4n) is 1.51. The molecule has 0 N–H and O–H groups in total. The minimum Gasteiger partial charge on any atom is -0.294 e. The van der Waals surface area contributed by atoms with Gasteiger partial charge in [-0.25, -0.2) is 0 Å². The molecule has 0 aliphatic heterocycles. The van der Waals surface area contributed by atoms with E-state index >= 15 is 0 Å². The van der Waals surface area contributed by atoms with Crippen molar-refractivity contribution in [2.24, 2.45) is 7.05 Å². The monoisotopic (exact) mass is 234 g/mol. The van der Waals surface area contributed by atoms with Crippen molar-refractivity contribution in [2.45, 2.75) is 6.42 Å². The number of hydrogen-bond acceptors (Lipinski definition) is 2. The molecule has 0 spiro atoms. The van der Waals surface area contributed by atoms with Gasteiger partial charge in [0.1, 0.15) is 0 Å². The number of hydrogen-bond donors (Lipinski definition) is 0. The maximum absolute atomic E-state index is 11.9. The van der Waals surface area contributed by atoms with E-state index in [1.165, 1.54) is 0 Å². The highest BCUT2D eigenvalue weighted by molar-refractivity contribution is 6.31. The average molecular weight is 235 g/mol. The van der Waals surface area contributed by atoms with Gasteiger partial charge >= 0.3 is 0 Å². The first-order valence-electron chi connectivity index (χ1n) is 4.91. The summed E-state index contributed by atoms with van der Waals surface area (Å²) in [6.45, 7) is 0. The second-order valence-corrected chi connectivity index (χ2v) is 4.07. The summed E-state index contributed by atoms with van der Waals surface area (Å²) in [5.41, 5.74) is 1.55. The Hall–Kier alpha value is -1.61. The zero-order valence-electron chi connectivity index (χ0n) is 8.85. The van der Waals surface area contributed by atoms with Crippen molar-refractivity contribution in [2.75, 3.05) is 0 Å². The molecule has 0 atom stereocenters. The molecule has 3 nitrogen and oxygen atoms in total. The minimum atomic E-state index is 0.0514. The molecule has 0 aliphatic rings. The predicted molar refractivity (Wildman–Crippen MR) is 62.7 cm³/mol. The number of halogens is 1. The summed E-state index contributed by atoms with van der Waals surface area (Å²) in [7, 11) is 1.83. The zero-order valence-corrected chi connectivity index (χ0v) is 9.61. The van der Waals surface area contributed by atoms with Crippen LogP contribution in [0.5, 0.6) is 0 Å². The summed E-state index contributed by atoms with van der Waals surface area (Å²) < 4.78 is 1.68. The Morgan fingerprint density at radius 1 is 1.50 bits per heavy atom. The maximum atomic E-state index is 11.9. The van der Waals surface area contributed by atoms with Crippen LogP contribution in [0.25, 0.3) is 0 Å². The van der Waals surface area contributed by atoms with Gasteiger partial charge < -0.3 is 0 Å². The number of benzene rings is 1. The van der Waals surface area contributed by atoms with Crippen LogP contribution >= 0.6 is 11.6 Å². The van der Waals surface area contributed by atoms with Gasteiger partial charge in [-0.3, -0.25) is 9.48 Å². The lowest BCUT2D eigenvalue weighted by atomic mass is 10.1. The highest BCUT2D eigenvalue weighted by atomic mass is 35.5. The summed E-state index contributed by atoms with van der Waals surface area (Å²) >= 11 is 5.83. The smallest absolute Gasteiger partial charge is 0.167 e. The van der Waals surface area contributed by atoms with Gasteiger partial charge in [-0.05, 0) is 17.7 Å². The lowest BCUT2D eigenvalue weighted by Gasteiger charge is -1.99. The first-order valence-corrected chi connectivity index (χ1v) is 5.29. The molecule has 1 aromatic carbocycles. The molecule has 0 aliphatic carbocycles. The maximum Gasteiger partial charge on any atom is 0.167 e. The number of nitrogens with zero attached hydrogens (tertiary/aromatic N) is 2. The molecule has 16 heavy (non-hydrogen) atoms. The molecule has 0 unspecified atom stereocenters. The summed E-state index contributed by atoms with van der Waals surface area (Å²) in [5.74, 6) is 0.0514. The highest BCUT2D eigenvalue weighted by Crippen LogP contribution is 2.13. The lowest BCUT2D eigenvalue weighted by molar-refractivity contribution is 0.0993. The summed E-state index contributed by atoms with van der Waals surface area (Å²) in [6, 6.07) is 6.98. The van der Waals surface area contributed by atoms with Crippen molar-refractivity contribution in [1.82, 2.24) is 9.78 Å². The van der Waals surface area contributed by atoms with Crippen LogP contribution in [0, 0.1) is 0 Å². The number of Topliss-reactive ketones (excluding diaryl/α,β-unsaturated/α-hetero) is 1. The number of carbonyl (C=O) groups excluding carboxylic acids is 1. The molecule has 0 radical (unpaired) electrons. The van der Waals surface area contributed by atoms with Crippen molar-refractivity contribution in [1.29, 1.82) is 0 Å². The molecule has 4 heteroatoms. The second kappa shape index (κ2) is 4.49. The van der Waals surface area contributed by atoms with E-state index in [9.17, 15) is 4.79 Å². The molecule has 1 heterocycles. The van der Waals surface area contributed by atoms with E-state index in [0.717, 1.165) is 5.56 Å². The van der Waals surface area contributed by atoms with Gasteiger partial charge in [0.25, 0.3) is 0 Å². The van der Waals surface area contributed by atoms with Crippen molar-refractivity contribution < 1.29 is 4.79 Å². The Labute approximate surface area is 98.7 Å². The highest BCUT2D eigenvalue weighted by Gasteiger charge is 2.08. The molecule has 0 amide bonds. The number of aromatic nitrogens is 2. The standard InChI is InChI=1S/C12H11ClN2O/c1-15-8-9(7-14-15)5-12(16)10-3-2-4-11(13)6-10/h2-4,6-8H,5H2,1H3. The van der Waals surface area contributed by atoms with Gasteiger partial charge in [-0.1, -0.05) is 23.7 Å². The van der Waals surface area contributed by atoms with Crippen LogP contribution in [0.2, 0.25) is 5.02 Å². The second-order valence-electron chi connectivity index (χ2n) is 3.63. The van der Waals surface area contributed by atoms with Crippen molar-refractivity contribution in [3.63, 3.8) is 0 Å². The minimum absolute atomic E-state index is 0.0514. The fraction of sp³-hybridized carbons (Fsp3) is 0.167. The van der Waals surface area contributed by atoms with Crippen LogP contribution in [0.4, 0.5) is 0 Å². The summed E-state index contributed by atoms with van der Waals surface area (Å²) in [6.07, 6.45) is 3.89. The Bertz CT molecular complexity index is 519. The van der Waals surface area contributed by atoms with Crippen molar-refractivity contribution in [3.8, 4) is 0 Å². The Kier molecular flexibility index (Phi) is 3.06. The molecule has 82 valence electrons. The van der Waals surface area contributed by atoms with E-state index in [2.05, 4.69) is 5.10 Å². The van der Waals surface area contributed by atoms with Crippen LogP contribution in [0.3, 0.4) is 0 Å². The summed E-state index contributed by atoms with van der Waals surface area (Å²) in [4.78, 5) is 11.9. The van der Waals surface area contributed by atoms with E-state index in [-0.39, 0.29) is 5.78 Å². The number of rotatable bonds is 3. The van der Waals surface area contributed by atoms with Gasteiger partial charge in [0.2, 0.25) is 0 Å². The Morgan fingerprint density at radius 2 is 2.31 bits per heavy atom. The Balaban J connectivity index is 2.14. The molecule has 1 aromatic heterocycles. The van der Waals surface area contributed by atoms with Crippen molar-refractivity contribution in [3.05, 3.63) is 52.8 Å². The average Bonchev–Trinajstić information content (AvgIpc) is 2.64. The van der Waals surface area contributed by atoms with Crippen LogP contribution < -0.4 is 0 Å². The van der Waals surface area contributed by atoms with E-state index < -0.39 is 0 Å². The predicted octanol–water partition coefficient (Wildman–Crippen LogP) is 2.50. The molecule has 0 saturated heterocycles. The van der Waals surface area contributed by atoms with Crippen LogP contribution in [0.15, 0.2) is 36.7 Å². The molecular weight excluding hydrogens is 224 g/mol. The first-order chi connectivity index (χ1) is 7.65. The third-order valence-corrected chi connectivity index (χ3v) is 2.50. The van der Waals surface area contributed by atoms with E-state index in [1.54, 1.807) is 35.1 Å². The van der Waals surface area contributed by atoms with Crippen LogP contribution in [-0.4, -0.2) is 15.6 Å². The van der Waals surface area contributed by atoms with Gasteiger partial charge in [0.05, 0.1) is 6.20 Å². The Morgan fingerprint density at radius 3 is 2.94 bits per heavy atom. The lowest BCUT2D eigenvalue weighted by Crippen LogP contribution is -2.02. The van der Waals surface area contributed by atoms with E-state index in [4.69, 9.17) is 11.6 Å². The number of aryl methyl sites for hydroxylation is 1. The molecule has 2 aromatic rings. The van der Waals surface area contributed by atoms with E-state index in [1.807, 2.05) is 13.2 Å². The quantitative estimate of drug-likeness (QED) is 0.765. The van der Waals surface area contributed by atoms with E-state index in [0.29, 0.717) is 17.0 Å². The first kappa shape index (κ1) is 10.9. The molecule has 0 saturated carbocycles. The van der Waals surface area contributed by atoms with Crippen LogP contribution in [-0.2, 0) is 13.5 Å². The number of carbonyl (C=O) groups is 1. The summed E-state index contributed by atoms with van der Waals surface area (Å²) in [5, 5.41) is 4.60. The van der Waals surface area contributed by atoms with Gasteiger partial charge in [-0.2, -0.15) is 5.10 Å². The third kappa shape index (κ3) is 2.49. The van der Waals surface area contributed by atoms with Gasteiger partial charge in [0.15, 0.2) is 5.78 Å². The third-order valence-electron chi connectivity index (χ3n) is 2.27. The zero-order chi connectivity index (χ0) is 11.5.